The fourth-order valence-electron chi connectivity index (χ4n) is 3.15. The van der Waals surface area contributed by atoms with Crippen LogP contribution in [0.2, 0.25) is 0 Å². The number of piperidine rings is 1. The summed E-state index contributed by atoms with van der Waals surface area (Å²) in [6.45, 7) is 4.49. The van der Waals surface area contributed by atoms with Gasteiger partial charge in [0.2, 0.25) is 0 Å². The molecule has 0 aromatic carbocycles. The smallest absolute Gasteiger partial charge is 0.0777 e. The molecule has 2 fully saturated rings. The number of aliphatic hydroxyl groups excluding tert-OH is 1. The van der Waals surface area contributed by atoms with E-state index in [1.54, 1.807) is 0 Å². The van der Waals surface area contributed by atoms with Crippen LogP contribution in [-0.4, -0.2) is 48.0 Å². The van der Waals surface area contributed by atoms with Crippen LogP contribution in [0.4, 0.5) is 0 Å². The topological polar surface area (TPSA) is 32.7 Å². The lowest BCUT2D eigenvalue weighted by Crippen LogP contribution is -2.52. The number of rotatable bonds is 2. The summed E-state index contributed by atoms with van der Waals surface area (Å²) in [7, 11) is 1.83. The van der Waals surface area contributed by atoms with Crippen molar-refractivity contribution in [2.75, 3.05) is 20.2 Å². The molecule has 1 saturated carbocycles. The van der Waals surface area contributed by atoms with Crippen molar-refractivity contribution in [2.45, 2.75) is 63.2 Å². The van der Waals surface area contributed by atoms with Gasteiger partial charge in [-0.1, -0.05) is 0 Å². The Kier molecular flexibility index (Phi) is 3.88. The Morgan fingerprint density at radius 3 is 2.56 bits per heavy atom. The number of hydrogen-bond donors (Lipinski definition) is 1. The molecule has 0 radical (unpaired) electrons. The molecule has 16 heavy (non-hydrogen) atoms. The summed E-state index contributed by atoms with van der Waals surface area (Å²) in [5, 5.41) is 9.53. The molecule has 1 atom stereocenters. The second-order valence-corrected chi connectivity index (χ2v) is 5.69. The van der Waals surface area contributed by atoms with E-state index in [2.05, 4.69) is 11.8 Å². The molecule has 3 nitrogen and oxygen atoms in total. The van der Waals surface area contributed by atoms with Gasteiger partial charge in [-0.3, -0.25) is 4.90 Å². The molecule has 1 unspecified atom stereocenters. The highest BCUT2D eigenvalue weighted by Gasteiger charge is 2.35. The fraction of sp³-hybridized carbons (Fsp3) is 1.00. The van der Waals surface area contributed by atoms with Crippen molar-refractivity contribution in [1.29, 1.82) is 0 Å². The van der Waals surface area contributed by atoms with E-state index in [0.29, 0.717) is 6.04 Å². The average Bonchev–Trinajstić information content (AvgIpc) is 2.30. The Bertz CT molecular complexity index is 226. The third kappa shape index (κ3) is 2.76. The minimum atomic E-state index is -0.0464. The van der Waals surface area contributed by atoms with Crippen molar-refractivity contribution in [2.24, 2.45) is 0 Å². The van der Waals surface area contributed by atoms with Gasteiger partial charge in [0.05, 0.1) is 11.7 Å². The summed E-state index contributed by atoms with van der Waals surface area (Å²) in [5.41, 5.74) is 0.0499. The van der Waals surface area contributed by atoms with Gasteiger partial charge in [0.1, 0.15) is 0 Å². The number of aliphatic hydroxyl groups is 1. The molecule has 94 valence electrons. The van der Waals surface area contributed by atoms with Crippen LogP contribution < -0.4 is 0 Å². The SMILES string of the molecule is COC1(C)CCCN(C2CCC(O)CC2)C1. The summed E-state index contributed by atoms with van der Waals surface area (Å²) in [4.78, 5) is 2.58. The highest BCUT2D eigenvalue weighted by atomic mass is 16.5. The molecule has 2 rings (SSSR count). The molecule has 1 aliphatic carbocycles. The molecular formula is C13H25NO2. The van der Waals surface area contributed by atoms with Crippen molar-refractivity contribution in [3.05, 3.63) is 0 Å². The van der Waals surface area contributed by atoms with Gasteiger partial charge in [0, 0.05) is 19.7 Å². The molecule has 1 saturated heterocycles. The first-order valence-electron chi connectivity index (χ1n) is 6.60. The fourth-order valence-corrected chi connectivity index (χ4v) is 3.15. The van der Waals surface area contributed by atoms with Crippen molar-refractivity contribution in [3.63, 3.8) is 0 Å². The van der Waals surface area contributed by atoms with Crippen LogP contribution in [0.1, 0.15) is 45.4 Å². The van der Waals surface area contributed by atoms with Gasteiger partial charge in [-0.15, -0.1) is 0 Å². The number of methoxy groups -OCH3 is 1. The predicted molar refractivity (Wildman–Crippen MR) is 64.5 cm³/mol. The van der Waals surface area contributed by atoms with Gasteiger partial charge < -0.3 is 9.84 Å². The molecule has 2 aliphatic rings. The molecule has 0 aromatic heterocycles. The molecule has 1 aliphatic heterocycles. The van der Waals surface area contributed by atoms with Crippen LogP contribution in [0.3, 0.4) is 0 Å². The van der Waals surface area contributed by atoms with Gasteiger partial charge in [-0.25, -0.2) is 0 Å². The molecule has 1 N–H and O–H groups in total. The highest BCUT2D eigenvalue weighted by molar-refractivity contribution is 4.89. The van der Waals surface area contributed by atoms with E-state index in [-0.39, 0.29) is 11.7 Å². The first-order valence-corrected chi connectivity index (χ1v) is 6.60. The zero-order valence-electron chi connectivity index (χ0n) is 10.6. The van der Waals surface area contributed by atoms with E-state index in [0.717, 1.165) is 32.2 Å². The number of likely N-dealkylation sites (tertiary alicyclic amines) is 1. The minimum absolute atomic E-state index is 0.0464. The van der Waals surface area contributed by atoms with Crippen LogP contribution in [0, 0.1) is 0 Å². The number of hydrogen-bond acceptors (Lipinski definition) is 3. The Morgan fingerprint density at radius 1 is 1.25 bits per heavy atom. The zero-order chi connectivity index (χ0) is 11.6. The second-order valence-electron chi connectivity index (χ2n) is 5.69. The van der Waals surface area contributed by atoms with Crippen molar-refractivity contribution in [3.8, 4) is 0 Å². The lowest BCUT2D eigenvalue weighted by atomic mass is 9.88. The van der Waals surface area contributed by atoms with Gasteiger partial charge in [0.25, 0.3) is 0 Å². The summed E-state index contributed by atoms with van der Waals surface area (Å²) < 4.78 is 5.63. The Hall–Kier alpha value is -0.120. The van der Waals surface area contributed by atoms with Crippen LogP contribution in [0.25, 0.3) is 0 Å². The van der Waals surface area contributed by atoms with E-state index in [1.165, 1.54) is 19.4 Å². The maximum atomic E-state index is 9.53. The summed E-state index contributed by atoms with van der Waals surface area (Å²) >= 11 is 0. The largest absolute Gasteiger partial charge is 0.393 e. The Balaban J connectivity index is 1.89. The van der Waals surface area contributed by atoms with Gasteiger partial charge >= 0.3 is 0 Å². The van der Waals surface area contributed by atoms with Gasteiger partial charge in [-0.2, -0.15) is 0 Å². The quantitative estimate of drug-likeness (QED) is 0.780. The van der Waals surface area contributed by atoms with Crippen molar-refractivity contribution >= 4 is 0 Å². The van der Waals surface area contributed by atoms with E-state index in [9.17, 15) is 5.11 Å². The molecular weight excluding hydrogens is 202 g/mol. The third-order valence-electron chi connectivity index (χ3n) is 4.36. The predicted octanol–water partition coefficient (Wildman–Crippen LogP) is 1.79. The van der Waals surface area contributed by atoms with Crippen molar-refractivity contribution in [1.82, 2.24) is 4.90 Å². The number of ether oxygens (including phenoxy) is 1. The first-order chi connectivity index (χ1) is 7.63. The summed E-state index contributed by atoms with van der Waals surface area (Å²) in [5.74, 6) is 0. The standard InChI is InChI=1S/C13H25NO2/c1-13(16-2)8-3-9-14(10-13)11-4-6-12(15)7-5-11/h11-12,15H,3-10H2,1-2H3. The Labute approximate surface area is 98.8 Å². The van der Waals surface area contributed by atoms with Crippen LogP contribution in [0.5, 0.6) is 0 Å². The molecule has 3 heteroatoms. The van der Waals surface area contributed by atoms with E-state index in [1.807, 2.05) is 7.11 Å². The normalized spacial score (nSPS) is 42.2. The van der Waals surface area contributed by atoms with Gasteiger partial charge in [-0.05, 0) is 52.0 Å². The highest BCUT2D eigenvalue weighted by Crippen LogP contribution is 2.30. The monoisotopic (exact) mass is 227 g/mol. The minimum Gasteiger partial charge on any atom is -0.393 e. The first kappa shape index (κ1) is 12.3. The lowest BCUT2D eigenvalue weighted by molar-refractivity contribution is -0.0681. The lowest BCUT2D eigenvalue weighted by Gasteiger charge is -2.44. The molecule has 0 bridgehead atoms. The molecule has 0 spiro atoms. The van der Waals surface area contributed by atoms with E-state index < -0.39 is 0 Å². The average molecular weight is 227 g/mol. The van der Waals surface area contributed by atoms with E-state index in [4.69, 9.17) is 4.74 Å². The summed E-state index contributed by atoms with van der Waals surface area (Å²) in [6.07, 6.45) is 6.63. The van der Waals surface area contributed by atoms with E-state index >= 15 is 0 Å². The molecule has 0 amide bonds. The molecule has 0 aromatic rings. The van der Waals surface area contributed by atoms with Crippen molar-refractivity contribution < 1.29 is 9.84 Å². The maximum absolute atomic E-state index is 9.53. The number of nitrogens with zero attached hydrogens (tertiary/aromatic N) is 1. The van der Waals surface area contributed by atoms with Crippen LogP contribution in [0.15, 0.2) is 0 Å². The Morgan fingerprint density at radius 2 is 1.94 bits per heavy atom. The van der Waals surface area contributed by atoms with Gasteiger partial charge in [0.15, 0.2) is 0 Å². The molecule has 1 heterocycles. The third-order valence-corrected chi connectivity index (χ3v) is 4.36. The summed E-state index contributed by atoms with van der Waals surface area (Å²) in [6, 6.07) is 0.679. The van der Waals surface area contributed by atoms with Crippen LogP contribution in [-0.2, 0) is 4.74 Å². The van der Waals surface area contributed by atoms with Crippen LogP contribution >= 0.6 is 0 Å². The second kappa shape index (κ2) is 5.03. The maximum Gasteiger partial charge on any atom is 0.0777 e. The zero-order valence-corrected chi connectivity index (χ0v) is 10.6.